The van der Waals surface area contributed by atoms with Crippen molar-refractivity contribution in [2.45, 2.75) is 40.3 Å². The lowest BCUT2D eigenvalue weighted by Crippen LogP contribution is -2.44. The molecule has 9 heteroatoms. The number of amides is 1. The first-order valence-electron chi connectivity index (χ1n) is 10.6. The van der Waals surface area contributed by atoms with E-state index in [0.29, 0.717) is 28.3 Å². The van der Waals surface area contributed by atoms with Crippen LogP contribution in [0.4, 0.5) is 11.6 Å². The van der Waals surface area contributed by atoms with Crippen molar-refractivity contribution in [2.75, 3.05) is 36.4 Å². The summed E-state index contributed by atoms with van der Waals surface area (Å²) < 4.78 is 0. The highest BCUT2D eigenvalue weighted by atomic mass is 16.1. The van der Waals surface area contributed by atoms with Gasteiger partial charge in [0.15, 0.2) is 0 Å². The Kier molecular flexibility index (Phi) is 7.06. The lowest BCUT2D eigenvalue weighted by atomic mass is 10.1. The molecule has 1 aliphatic rings. The van der Waals surface area contributed by atoms with Gasteiger partial charge in [0.25, 0.3) is 11.5 Å². The molecule has 0 radical (unpaired) electrons. The van der Waals surface area contributed by atoms with Gasteiger partial charge in [-0.2, -0.15) is 0 Å². The van der Waals surface area contributed by atoms with E-state index in [1.54, 1.807) is 6.07 Å². The molecule has 166 valence electrons. The van der Waals surface area contributed by atoms with E-state index in [2.05, 4.69) is 25.8 Å². The average molecular weight is 426 g/mol. The quantitative estimate of drug-likeness (QED) is 0.429. The SMILES string of the molecule is Cc1cc(C)c(CNC(=O)c2cc(N3CCNCC3)nc(NC(C)C)c2C=N)c(=O)[nH]1. The number of hydrogen-bond donors (Lipinski definition) is 5. The Balaban J connectivity index is 1.94. The normalized spacial score (nSPS) is 13.9. The summed E-state index contributed by atoms with van der Waals surface area (Å²) in [6.45, 7) is 11.0. The van der Waals surface area contributed by atoms with Gasteiger partial charge in [0.05, 0.1) is 5.56 Å². The second-order valence-electron chi connectivity index (χ2n) is 8.10. The minimum absolute atomic E-state index is 0.0918. The smallest absolute Gasteiger partial charge is 0.253 e. The van der Waals surface area contributed by atoms with Crippen molar-refractivity contribution in [1.82, 2.24) is 20.6 Å². The summed E-state index contributed by atoms with van der Waals surface area (Å²) in [5.74, 6) is 0.865. The number of hydrogen-bond acceptors (Lipinski definition) is 7. The molecule has 0 atom stereocenters. The Morgan fingerprint density at radius 3 is 2.61 bits per heavy atom. The third-order valence-electron chi connectivity index (χ3n) is 5.22. The first-order chi connectivity index (χ1) is 14.8. The Morgan fingerprint density at radius 1 is 1.29 bits per heavy atom. The number of anilines is 2. The van der Waals surface area contributed by atoms with Gasteiger partial charge in [-0.3, -0.25) is 9.59 Å². The minimum atomic E-state index is -0.344. The van der Waals surface area contributed by atoms with Crippen LogP contribution in [0.2, 0.25) is 0 Å². The van der Waals surface area contributed by atoms with Crippen molar-refractivity contribution in [1.29, 1.82) is 5.41 Å². The molecule has 0 spiro atoms. The number of carbonyl (C=O) groups excluding carboxylic acids is 1. The highest BCUT2D eigenvalue weighted by molar-refractivity contribution is 6.05. The first-order valence-corrected chi connectivity index (χ1v) is 10.6. The molecule has 0 unspecified atom stereocenters. The molecule has 1 fully saturated rings. The molecule has 3 heterocycles. The van der Waals surface area contributed by atoms with Crippen LogP contribution in [-0.2, 0) is 6.54 Å². The van der Waals surface area contributed by atoms with Crippen molar-refractivity contribution < 1.29 is 4.79 Å². The number of H-pyrrole nitrogens is 1. The van der Waals surface area contributed by atoms with E-state index in [1.165, 1.54) is 0 Å². The zero-order valence-electron chi connectivity index (χ0n) is 18.6. The number of aromatic amines is 1. The zero-order chi connectivity index (χ0) is 22.5. The highest BCUT2D eigenvalue weighted by Crippen LogP contribution is 2.24. The van der Waals surface area contributed by atoms with Crippen LogP contribution < -0.4 is 26.4 Å². The molecule has 0 aromatic carbocycles. The monoisotopic (exact) mass is 425 g/mol. The van der Waals surface area contributed by atoms with Gasteiger partial charge < -0.3 is 31.2 Å². The fourth-order valence-corrected chi connectivity index (χ4v) is 3.68. The number of aryl methyl sites for hydroxylation is 2. The Hall–Kier alpha value is -3.20. The number of piperazine rings is 1. The maximum Gasteiger partial charge on any atom is 0.253 e. The molecular formula is C22H31N7O2. The molecule has 5 N–H and O–H groups in total. The molecule has 3 rings (SSSR count). The van der Waals surface area contributed by atoms with Gasteiger partial charge in [-0.1, -0.05) is 0 Å². The second-order valence-corrected chi connectivity index (χ2v) is 8.10. The summed E-state index contributed by atoms with van der Waals surface area (Å²) >= 11 is 0. The third kappa shape index (κ3) is 5.29. The summed E-state index contributed by atoms with van der Waals surface area (Å²) in [6, 6.07) is 3.71. The molecule has 0 saturated carbocycles. The number of nitrogens with zero attached hydrogens (tertiary/aromatic N) is 2. The molecule has 2 aromatic rings. The maximum atomic E-state index is 13.1. The van der Waals surface area contributed by atoms with Gasteiger partial charge >= 0.3 is 0 Å². The fraction of sp³-hybridized carbons (Fsp3) is 0.455. The molecule has 0 bridgehead atoms. The molecule has 1 amide bonds. The van der Waals surface area contributed by atoms with Gasteiger partial charge in [0.2, 0.25) is 0 Å². The number of rotatable bonds is 7. The lowest BCUT2D eigenvalue weighted by Gasteiger charge is -2.29. The Labute approximate surface area is 182 Å². The Morgan fingerprint density at radius 2 is 2.00 bits per heavy atom. The van der Waals surface area contributed by atoms with Crippen LogP contribution in [0, 0.1) is 19.3 Å². The van der Waals surface area contributed by atoms with Crippen molar-refractivity contribution >= 4 is 23.8 Å². The molecular weight excluding hydrogens is 394 g/mol. The van der Waals surface area contributed by atoms with Crippen molar-refractivity contribution in [2.24, 2.45) is 0 Å². The zero-order valence-corrected chi connectivity index (χ0v) is 18.6. The Bertz CT molecular complexity index is 1020. The summed E-state index contributed by atoms with van der Waals surface area (Å²) in [5, 5.41) is 17.3. The number of aromatic nitrogens is 2. The van der Waals surface area contributed by atoms with E-state index >= 15 is 0 Å². The van der Waals surface area contributed by atoms with Crippen LogP contribution >= 0.6 is 0 Å². The summed E-state index contributed by atoms with van der Waals surface area (Å²) in [6.07, 6.45) is 1.15. The van der Waals surface area contributed by atoms with Gasteiger partial charge in [-0.25, -0.2) is 4.98 Å². The van der Waals surface area contributed by atoms with Crippen LogP contribution in [0.25, 0.3) is 0 Å². The van der Waals surface area contributed by atoms with Crippen molar-refractivity contribution in [3.05, 3.63) is 50.4 Å². The largest absolute Gasteiger partial charge is 0.367 e. The van der Waals surface area contributed by atoms with Gasteiger partial charge in [-0.15, -0.1) is 0 Å². The van der Waals surface area contributed by atoms with Crippen LogP contribution in [0.5, 0.6) is 0 Å². The molecule has 2 aromatic heterocycles. The topological polar surface area (TPSA) is 126 Å². The van der Waals surface area contributed by atoms with E-state index < -0.39 is 0 Å². The number of carbonyl (C=O) groups is 1. The van der Waals surface area contributed by atoms with E-state index in [9.17, 15) is 9.59 Å². The molecule has 31 heavy (non-hydrogen) atoms. The molecule has 1 saturated heterocycles. The van der Waals surface area contributed by atoms with Crippen LogP contribution in [0.15, 0.2) is 16.9 Å². The van der Waals surface area contributed by atoms with Crippen molar-refractivity contribution in [3.63, 3.8) is 0 Å². The van der Waals surface area contributed by atoms with Crippen LogP contribution in [-0.4, -0.2) is 54.3 Å². The average Bonchev–Trinajstić information content (AvgIpc) is 2.72. The maximum absolute atomic E-state index is 13.1. The number of pyridine rings is 2. The van der Waals surface area contributed by atoms with E-state index in [-0.39, 0.29) is 24.1 Å². The van der Waals surface area contributed by atoms with E-state index in [1.807, 2.05) is 33.8 Å². The van der Waals surface area contributed by atoms with Gasteiger partial charge in [0.1, 0.15) is 11.6 Å². The number of nitrogens with one attached hydrogen (secondary N) is 5. The molecule has 0 aliphatic carbocycles. The third-order valence-corrected chi connectivity index (χ3v) is 5.22. The lowest BCUT2D eigenvalue weighted by molar-refractivity contribution is 0.0950. The predicted molar refractivity (Wildman–Crippen MR) is 124 cm³/mol. The summed E-state index contributed by atoms with van der Waals surface area (Å²) in [4.78, 5) is 35.0. The summed E-state index contributed by atoms with van der Waals surface area (Å²) in [7, 11) is 0. The van der Waals surface area contributed by atoms with E-state index in [4.69, 9.17) is 10.4 Å². The predicted octanol–water partition coefficient (Wildman–Crippen LogP) is 1.54. The van der Waals surface area contributed by atoms with Gasteiger partial charge in [-0.05, 0) is 45.4 Å². The fourth-order valence-electron chi connectivity index (χ4n) is 3.68. The standard InChI is InChI=1S/C22H31N7O2/c1-13(2)26-20-17(11-23)16(10-19(28-20)29-7-5-24-6-8-29)21(30)25-12-18-14(3)9-15(4)27-22(18)31/h9-11,13,23-24H,5-8,12H2,1-4H3,(H,25,30)(H,26,28)(H,27,31). The summed E-state index contributed by atoms with van der Waals surface area (Å²) in [5.41, 5.74) is 2.72. The molecule has 1 aliphatic heterocycles. The minimum Gasteiger partial charge on any atom is -0.367 e. The molecule has 9 nitrogen and oxygen atoms in total. The van der Waals surface area contributed by atoms with Crippen molar-refractivity contribution in [3.8, 4) is 0 Å². The van der Waals surface area contributed by atoms with Gasteiger partial charge in [0, 0.05) is 61.8 Å². The second kappa shape index (κ2) is 9.74. The van der Waals surface area contributed by atoms with Crippen LogP contribution in [0.1, 0.15) is 46.6 Å². The highest BCUT2D eigenvalue weighted by Gasteiger charge is 2.21. The first kappa shape index (κ1) is 22.5. The van der Waals surface area contributed by atoms with Crippen LogP contribution in [0.3, 0.4) is 0 Å². The van der Waals surface area contributed by atoms with E-state index in [0.717, 1.165) is 43.7 Å².